The van der Waals surface area contributed by atoms with Crippen molar-refractivity contribution in [3.05, 3.63) is 94.8 Å². The molecular weight excluding hydrogens is 467 g/mol. The minimum atomic E-state index is -4.07. The number of benzene rings is 3. The molecule has 33 heavy (non-hydrogen) atoms. The third-order valence-corrected chi connectivity index (χ3v) is 6.55. The van der Waals surface area contributed by atoms with Gasteiger partial charge in [0.2, 0.25) is 15.9 Å². The van der Waals surface area contributed by atoms with Gasteiger partial charge in [-0.2, -0.15) is 4.72 Å². The van der Waals surface area contributed by atoms with Crippen molar-refractivity contribution in [3.8, 4) is 5.75 Å². The van der Waals surface area contributed by atoms with Crippen molar-refractivity contribution in [2.45, 2.75) is 30.8 Å². The maximum atomic E-state index is 13.1. The topological polar surface area (TPSA) is 84.5 Å². The Morgan fingerprint density at radius 3 is 2.36 bits per heavy atom. The summed E-state index contributed by atoms with van der Waals surface area (Å²) in [7, 11) is -4.07. The number of halogens is 2. The maximum Gasteiger partial charge on any atom is 0.241 e. The number of nitrogens with one attached hydrogen (secondary N) is 2. The number of sulfonamides is 1. The van der Waals surface area contributed by atoms with Crippen LogP contribution in [-0.4, -0.2) is 27.0 Å². The fourth-order valence-corrected chi connectivity index (χ4v) is 4.65. The highest BCUT2D eigenvalue weighted by Gasteiger charge is 2.26. The van der Waals surface area contributed by atoms with Crippen LogP contribution in [0.3, 0.4) is 0 Å². The quantitative estimate of drug-likeness (QED) is 0.448. The molecule has 0 fully saturated rings. The monoisotopic (exact) mass is 490 g/mol. The minimum absolute atomic E-state index is 0.0830. The van der Waals surface area contributed by atoms with Crippen molar-refractivity contribution in [1.29, 1.82) is 0 Å². The molecule has 3 aromatic rings. The van der Waals surface area contributed by atoms with E-state index in [1.807, 2.05) is 30.3 Å². The Hall–Kier alpha value is -2.94. The molecule has 9 heteroatoms. The molecule has 0 bridgehead atoms. The van der Waals surface area contributed by atoms with Gasteiger partial charge in [0.1, 0.15) is 17.6 Å². The van der Waals surface area contributed by atoms with Crippen LogP contribution in [0.5, 0.6) is 5.75 Å². The lowest BCUT2D eigenvalue weighted by molar-refractivity contribution is -0.122. The molecule has 0 aliphatic heterocycles. The van der Waals surface area contributed by atoms with Crippen molar-refractivity contribution in [3.63, 3.8) is 0 Å². The second kappa shape index (κ2) is 11.3. The molecule has 3 aromatic carbocycles. The van der Waals surface area contributed by atoms with Crippen LogP contribution >= 0.6 is 11.6 Å². The summed E-state index contributed by atoms with van der Waals surface area (Å²) >= 11 is 6.15. The molecule has 0 unspecified atom stereocenters. The van der Waals surface area contributed by atoms with E-state index in [1.54, 1.807) is 19.1 Å². The fourth-order valence-electron chi connectivity index (χ4n) is 3.13. The summed E-state index contributed by atoms with van der Waals surface area (Å²) in [6.45, 7) is 2.31. The Morgan fingerprint density at radius 1 is 1.03 bits per heavy atom. The number of rotatable bonds is 10. The summed E-state index contributed by atoms with van der Waals surface area (Å²) in [4.78, 5) is 12.9. The van der Waals surface area contributed by atoms with E-state index < -0.39 is 22.0 Å². The number of carbonyl (C=O) groups is 1. The molecule has 0 heterocycles. The standard InChI is InChI=1S/C24H24ClFN2O4S/c1-2-32-23-13-12-20(15-21(23)25)33(30,31)28-22(14-17-6-4-3-5-7-17)24(29)27-16-18-8-10-19(26)11-9-18/h3-13,15,22,28H,2,14,16H2,1H3,(H,27,29)/t22-/m0/s1. The molecule has 0 radical (unpaired) electrons. The van der Waals surface area contributed by atoms with E-state index >= 15 is 0 Å². The van der Waals surface area contributed by atoms with Gasteiger partial charge in [0.05, 0.1) is 16.5 Å². The van der Waals surface area contributed by atoms with E-state index in [0.717, 1.165) is 5.56 Å². The first-order valence-corrected chi connectivity index (χ1v) is 12.2. The average molecular weight is 491 g/mol. The molecule has 0 spiro atoms. The average Bonchev–Trinajstić information content (AvgIpc) is 2.80. The summed E-state index contributed by atoms with van der Waals surface area (Å²) in [5.74, 6) is -0.520. The lowest BCUT2D eigenvalue weighted by atomic mass is 10.1. The van der Waals surface area contributed by atoms with Crippen molar-refractivity contribution < 1.29 is 22.3 Å². The number of hydrogen-bond acceptors (Lipinski definition) is 4. The molecule has 0 saturated heterocycles. The summed E-state index contributed by atoms with van der Waals surface area (Å²) in [5.41, 5.74) is 1.47. The zero-order chi connectivity index (χ0) is 23.8. The van der Waals surface area contributed by atoms with Crippen molar-refractivity contribution in [1.82, 2.24) is 10.0 Å². The Balaban J connectivity index is 1.80. The zero-order valence-electron chi connectivity index (χ0n) is 17.9. The van der Waals surface area contributed by atoms with E-state index in [4.69, 9.17) is 16.3 Å². The Kier molecular flexibility index (Phi) is 8.43. The zero-order valence-corrected chi connectivity index (χ0v) is 19.5. The van der Waals surface area contributed by atoms with E-state index in [-0.39, 0.29) is 28.7 Å². The van der Waals surface area contributed by atoms with Crippen LogP contribution in [-0.2, 0) is 27.8 Å². The highest BCUT2D eigenvalue weighted by atomic mass is 35.5. The molecule has 1 atom stereocenters. The van der Waals surface area contributed by atoms with Gasteiger partial charge in [-0.3, -0.25) is 4.79 Å². The lowest BCUT2D eigenvalue weighted by Crippen LogP contribution is -2.47. The van der Waals surface area contributed by atoms with Crippen LogP contribution in [0.1, 0.15) is 18.1 Å². The minimum Gasteiger partial charge on any atom is -0.492 e. The second-order valence-corrected chi connectivity index (χ2v) is 9.35. The summed E-state index contributed by atoms with van der Waals surface area (Å²) < 4.78 is 47.0. The van der Waals surface area contributed by atoms with Gasteiger partial charge in [0, 0.05) is 6.54 Å². The van der Waals surface area contributed by atoms with Crippen LogP contribution in [0.15, 0.2) is 77.7 Å². The largest absolute Gasteiger partial charge is 0.492 e. The molecule has 0 aliphatic rings. The third-order valence-electron chi connectivity index (χ3n) is 4.79. The van der Waals surface area contributed by atoms with Crippen LogP contribution < -0.4 is 14.8 Å². The smallest absolute Gasteiger partial charge is 0.241 e. The SMILES string of the molecule is CCOc1ccc(S(=O)(=O)N[C@@H](Cc2ccccc2)C(=O)NCc2ccc(F)cc2)cc1Cl. The summed E-state index contributed by atoms with van der Waals surface area (Å²) in [6, 6.07) is 17.8. The van der Waals surface area contributed by atoms with Gasteiger partial charge in [-0.15, -0.1) is 0 Å². The first kappa shape index (κ1) is 24.7. The predicted octanol–water partition coefficient (Wildman–Crippen LogP) is 4.08. The Labute approximate surface area is 197 Å². The molecule has 174 valence electrons. The predicted molar refractivity (Wildman–Crippen MR) is 125 cm³/mol. The Bertz CT molecular complexity index is 1190. The van der Waals surface area contributed by atoms with Gasteiger partial charge in [-0.1, -0.05) is 54.1 Å². The van der Waals surface area contributed by atoms with Gasteiger partial charge in [0.15, 0.2) is 0 Å². The van der Waals surface area contributed by atoms with Crippen molar-refractivity contribution in [2.75, 3.05) is 6.61 Å². The van der Waals surface area contributed by atoms with Gasteiger partial charge in [0.25, 0.3) is 0 Å². The third kappa shape index (κ3) is 7.02. The van der Waals surface area contributed by atoms with E-state index in [1.165, 1.54) is 30.3 Å². The molecule has 2 N–H and O–H groups in total. The van der Waals surface area contributed by atoms with E-state index in [2.05, 4.69) is 10.0 Å². The fraction of sp³-hybridized carbons (Fsp3) is 0.208. The van der Waals surface area contributed by atoms with Crippen molar-refractivity contribution >= 4 is 27.5 Å². The Morgan fingerprint density at radius 2 is 1.73 bits per heavy atom. The van der Waals surface area contributed by atoms with Gasteiger partial charge in [-0.25, -0.2) is 12.8 Å². The van der Waals surface area contributed by atoms with Crippen LogP contribution in [0.4, 0.5) is 4.39 Å². The lowest BCUT2D eigenvalue weighted by Gasteiger charge is -2.19. The number of amides is 1. The van der Waals surface area contributed by atoms with Gasteiger partial charge >= 0.3 is 0 Å². The molecule has 0 saturated carbocycles. The van der Waals surface area contributed by atoms with Crippen LogP contribution in [0.2, 0.25) is 5.02 Å². The highest BCUT2D eigenvalue weighted by molar-refractivity contribution is 7.89. The van der Waals surface area contributed by atoms with Gasteiger partial charge < -0.3 is 10.1 Å². The summed E-state index contributed by atoms with van der Waals surface area (Å²) in [5, 5.41) is 2.87. The second-order valence-electron chi connectivity index (χ2n) is 7.23. The molecule has 0 aliphatic carbocycles. The number of hydrogen-bond donors (Lipinski definition) is 2. The molecule has 6 nitrogen and oxygen atoms in total. The number of ether oxygens (including phenoxy) is 1. The first-order valence-electron chi connectivity index (χ1n) is 10.3. The van der Waals surface area contributed by atoms with Crippen molar-refractivity contribution in [2.24, 2.45) is 0 Å². The first-order chi connectivity index (χ1) is 15.8. The van der Waals surface area contributed by atoms with Crippen LogP contribution in [0.25, 0.3) is 0 Å². The maximum absolute atomic E-state index is 13.1. The molecular formula is C24H24ClFN2O4S. The normalized spacial score (nSPS) is 12.2. The van der Waals surface area contributed by atoms with Gasteiger partial charge in [-0.05, 0) is 54.8 Å². The van der Waals surface area contributed by atoms with E-state index in [0.29, 0.717) is 17.9 Å². The summed E-state index contributed by atoms with van der Waals surface area (Å²) in [6.07, 6.45) is 0.139. The molecule has 0 aromatic heterocycles. The molecule has 1 amide bonds. The highest BCUT2D eigenvalue weighted by Crippen LogP contribution is 2.27. The van der Waals surface area contributed by atoms with Crippen LogP contribution in [0, 0.1) is 5.82 Å². The molecule has 3 rings (SSSR count). The number of carbonyl (C=O) groups excluding carboxylic acids is 1. The van der Waals surface area contributed by atoms with E-state index in [9.17, 15) is 17.6 Å².